The van der Waals surface area contributed by atoms with Crippen LogP contribution in [-0.2, 0) is 6.42 Å². The van der Waals surface area contributed by atoms with Crippen LogP contribution in [0.5, 0.6) is 5.75 Å². The second kappa shape index (κ2) is 4.54. The molecule has 0 spiro atoms. The van der Waals surface area contributed by atoms with Crippen molar-refractivity contribution in [2.75, 3.05) is 12.9 Å². The highest BCUT2D eigenvalue weighted by atomic mass is 32.2. The fraction of sp³-hybridized carbons (Fsp3) is 0.571. The third-order valence-corrected chi connectivity index (χ3v) is 4.80. The van der Waals surface area contributed by atoms with E-state index >= 15 is 0 Å². The summed E-state index contributed by atoms with van der Waals surface area (Å²) in [4.78, 5) is 0.151. The van der Waals surface area contributed by atoms with Crippen molar-refractivity contribution in [3.8, 4) is 5.75 Å². The van der Waals surface area contributed by atoms with E-state index in [1.54, 1.807) is 7.11 Å². The van der Waals surface area contributed by atoms with Crippen molar-refractivity contribution in [1.82, 2.24) is 5.32 Å². The van der Waals surface area contributed by atoms with Crippen LogP contribution in [0, 0.1) is 0 Å². The number of hydrogen-bond donors (Lipinski definition) is 1. The molecule has 1 heterocycles. The molecule has 0 aliphatic carbocycles. The highest BCUT2D eigenvalue weighted by Gasteiger charge is 2.39. The summed E-state index contributed by atoms with van der Waals surface area (Å²) in [6.45, 7) is 6.81. The summed E-state index contributed by atoms with van der Waals surface area (Å²) in [5.41, 5.74) is 1.59. The van der Waals surface area contributed by atoms with E-state index in [1.165, 1.54) is 11.3 Å². The zero-order valence-corrected chi connectivity index (χ0v) is 11.9. The summed E-state index contributed by atoms with van der Waals surface area (Å²) in [6.07, 6.45) is 1.05. The second-order valence-electron chi connectivity index (χ2n) is 5.55. The summed E-state index contributed by atoms with van der Waals surface area (Å²) in [5, 5.41) is 3.72. The SMILES string of the molecule is COc1ccc(CC2(C)NC(C)(C)CS2)cc1. The topological polar surface area (TPSA) is 21.3 Å². The third kappa shape index (κ3) is 3.17. The van der Waals surface area contributed by atoms with Crippen molar-refractivity contribution in [2.45, 2.75) is 37.6 Å². The summed E-state index contributed by atoms with van der Waals surface area (Å²) < 4.78 is 5.18. The van der Waals surface area contributed by atoms with E-state index in [2.05, 4.69) is 38.2 Å². The molecular formula is C14H21NOS. The second-order valence-corrected chi connectivity index (χ2v) is 7.03. The smallest absolute Gasteiger partial charge is 0.118 e. The predicted molar refractivity (Wildman–Crippen MR) is 74.8 cm³/mol. The van der Waals surface area contributed by atoms with E-state index in [0.29, 0.717) is 0 Å². The monoisotopic (exact) mass is 251 g/mol. The number of nitrogens with one attached hydrogen (secondary N) is 1. The van der Waals surface area contributed by atoms with Crippen LogP contribution in [0.1, 0.15) is 26.3 Å². The Kier molecular flexibility index (Phi) is 3.41. The van der Waals surface area contributed by atoms with Gasteiger partial charge in [-0.1, -0.05) is 12.1 Å². The number of rotatable bonds is 3. The van der Waals surface area contributed by atoms with E-state index < -0.39 is 0 Å². The van der Waals surface area contributed by atoms with Crippen molar-refractivity contribution in [2.24, 2.45) is 0 Å². The maximum Gasteiger partial charge on any atom is 0.118 e. The molecule has 2 rings (SSSR count). The lowest BCUT2D eigenvalue weighted by Gasteiger charge is -2.27. The predicted octanol–water partition coefficient (Wildman–Crippen LogP) is 3.07. The molecule has 1 aromatic rings. The van der Waals surface area contributed by atoms with Crippen LogP contribution in [0.2, 0.25) is 0 Å². The fourth-order valence-electron chi connectivity index (χ4n) is 2.36. The molecule has 2 nitrogen and oxygen atoms in total. The van der Waals surface area contributed by atoms with Gasteiger partial charge in [0.1, 0.15) is 5.75 Å². The molecule has 1 aliphatic heterocycles. The number of thioether (sulfide) groups is 1. The number of ether oxygens (including phenoxy) is 1. The van der Waals surface area contributed by atoms with Gasteiger partial charge in [-0.05, 0) is 44.9 Å². The molecule has 0 aromatic heterocycles. The van der Waals surface area contributed by atoms with Gasteiger partial charge in [-0.3, -0.25) is 5.32 Å². The summed E-state index contributed by atoms with van der Waals surface area (Å²) in [5.74, 6) is 2.09. The quantitative estimate of drug-likeness (QED) is 0.892. The minimum Gasteiger partial charge on any atom is -0.497 e. The van der Waals surface area contributed by atoms with E-state index in [4.69, 9.17) is 4.74 Å². The van der Waals surface area contributed by atoms with E-state index in [1.807, 2.05) is 23.9 Å². The molecule has 1 aliphatic rings. The average Bonchev–Trinajstić information content (AvgIpc) is 2.54. The molecule has 1 aromatic carbocycles. The third-order valence-electron chi connectivity index (χ3n) is 3.05. The van der Waals surface area contributed by atoms with Crippen molar-refractivity contribution >= 4 is 11.8 Å². The molecule has 1 atom stereocenters. The molecule has 17 heavy (non-hydrogen) atoms. The van der Waals surface area contributed by atoms with Crippen LogP contribution in [0.25, 0.3) is 0 Å². The van der Waals surface area contributed by atoms with Gasteiger partial charge in [-0.15, -0.1) is 11.8 Å². The lowest BCUT2D eigenvalue weighted by atomic mass is 10.0. The van der Waals surface area contributed by atoms with Crippen LogP contribution in [-0.4, -0.2) is 23.3 Å². The van der Waals surface area contributed by atoms with Gasteiger partial charge in [0.05, 0.1) is 12.0 Å². The maximum absolute atomic E-state index is 5.18. The minimum atomic E-state index is 0.151. The zero-order chi connectivity index (χ0) is 12.5. The number of benzene rings is 1. The van der Waals surface area contributed by atoms with Crippen molar-refractivity contribution in [3.05, 3.63) is 29.8 Å². The summed E-state index contributed by atoms with van der Waals surface area (Å²) in [7, 11) is 1.70. The van der Waals surface area contributed by atoms with E-state index in [0.717, 1.165) is 12.2 Å². The van der Waals surface area contributed by atoms with Gasteiger partial charge in [-0.25, -0.2) is 0 Å². The normalized spacial score (nSPS) is 27.1. The van der Waals surface area contributed by atoms with Crippen molar-refractivity contribution in [3.63, 3.8) is 0 Å². The van der Waals surface area contributed by atoms with Gasteiger partial charge >= 0.3 is 0 Å². The van der Waals surface area contributed by atoms with E-state index in [9.17, 15) is 0 Å². The lowest BCUT2D eigenvalue weighted by Crippen LogP contribution is -2.46. The first kappa shape index (κ1) is 12.8. The molecule has 0 bridgehead atoms. The van der Waals surface area contributed by atoms with Gasteiger partial charge in [0.2, 0.25) is 0 Å². The molecule has 94 valence electrons. The Bertz CT molecular complexity index is 388. The van der Waals surface area contributed by atoms with Gasteiger partial charge in [0, 0.05) is 11.3 Å². The average molecular weight is 251 g/mol. The molecule has 0 amide bonds. The van der Waals surface area contributed by atoms with Crippen LogP contribution in [0.3, 0.4) is 0 Å². The van der Waals surface area contributed by atoms with Crippen molar-refractivity contribution < 1.29 is 4.74 Å². The largest absolute Gasteiger partial charge is 0.497 e. The molecule has 1 saturated heterocycles. The molecule has 0 saturated carbocycles. The first-order valence-corrected chi connectivity index (χ1v) is 6.97. The molecule has 1 N–H and O–H groups in total. The van der Waals surface area contributed by atoms with Gasteiger partial charge in [0.25, 0.3) is 0 Å². The fourth-order valence-corrected chi connectivity index (χ4v) is 3.72. The highest BCUT2D eigenvalue weighted by Crippen LogP contribution is 2.37. The Morgan fingerprint density at radius 3 is 2.35 bits per heavy atom. The first-order valence-electron chi connectivity index (χ1n) is 5.99. The zero-order valence-electron chi connectivity index (χ0n) is 11.0. The van der Waals surface area contributed by atoms with Gasteiger partial charge in [-0.2, -0.15) is 0 Å². The summed E-state index contributed by atoms with van der Waals surface area (Å²) >= 11 is 2.01. The Morgan fingerprint density at radius 1 is 1.24 bits per heavy atom. The van der Waals surface area contributed by atoms with Crippen LogP contribution < -0.4 is 10.1 Å². The maximum atomic E-state index is 5.18. The standard InChI is InChI=1S/C14H21NOS/c1-13(2)10-17-14(3,15-13)9-11-5-7-12(16-4)8-6-11/h5-8,15H,9-10H2,1-4H3. The van der Waals surface area contributed by atoms with Crippen LogP contribution in [0.4, 0.5) is 0 Å². The van der Waals surface area contributed by atoms with Gasteiger partial charge in [0.15, 0.2) is 0 Å². The Hall–Kier alpha value is -0.670. The molecule has 3 heteroatoms. The molecule has 1 unspecified atom stereocenters. The van der Waals surface area contributed by atoms with E-state index in [-0.39, 0.29) is 10.4 Å². The summed E-state index contributed by atoms with van der Waals surface area (Å²) in [6, 6.07) is 8.36. The number of methoxy groups -OCH3 is 1. The Morgan fingerprint density at radius 2 is 1.88 bits per heavy atom. The van der Waals surface area contributed by atoms with Crippen LogP contribution in [0.15, 0.2) is 24.3 Å². The van der Waals surface area contributed by atoms with Crippen molar-refractivity contribution in [1.29, 1.82) is 0 Å². The highest BCUT2D eigenvalue weighted by molar-refractivity contribution is 8.00. The molecule has 0 radical (unpaired) electrons. The Labute approximate surface area is 108 Å². The first-order chi connectivity index (χ1) is 7.92. The van der Waals surface area contributed by atoms with Crippen LogP contribution >= 0.6 is 11.8 Å². The lowest BCUT2D eigenvalue weighted by molar-refractivity contribution is 0.379. The molecular weight excluding hydrogens is 230 g/mol. The van der Waals surface area contributed by atoms with Gasteiger partial charge < -0.3 is 4.74 Å². The minimum absolute atomic E-state index is 0.151. The Balaban J connectivity index is 2.05. The number of hydrogen-bond acceptors (Lipinski definition) is 3. The molecule has 1 fully saturated rings.